The number of nitrogens with one attached hydrogen (secondary N) is 1. The van der Waals surface area contributed by atoms with Crippen molar-refractivity contribution in [1.29, 1.82) is 0 Å². The summed E-state index contributed by atoms with van der Waals surface area (Å²) in [6.07, 6.45) is -4.30. The third-order valence-electron chi connectivity index (χ3n) is 2.00. The van der Waals surface area contributed by atoms with Gasteiger partial charge in [0.15, 0.2) is 0 Å². The number of ether oxygens (including phenoxy) is 1. The molecule has 0 aromatic rings. The highest BCUT2D eigenvalue weighted by Gasteiger charge is 2.27. The minimum Gasteiger partial charge on any atom is -0.396 e. The average molecular weight is 245 g/mol. The van der Waals surface area contributed by atoms with Gasteiger partial charge in [-0.05, 0) is 0 Å². The first-order valence-corrected chi connectivity index (χ1v) is 4.90. The predicted octanol–water partition coefficient (Wildman–Crippen LogP) is 0.146. The quantitative estimate of drug-likeness (QED) is 0.533. The molecule has 3 N–H and O–H groups in total. The van der Waals surface area contributed by atoms with Gasteiger partial charge in [0, 0.05) is 18.5 Å². The highest BCUT2D eigenvalue weighted by Crippen LogP contribution is 2.14. The summed E-state index contributed by atoms with van der Waals surface area (Å²) >= 11 is 0. The number of hydrogen-bond acceptors (Lipinski definition) is 4. The van der Waals surface area contributed by atoms with Crippen LogP contribution in [0.2, 0.25) is 0 Å². The lowest BCUT2D eigenvalue weighted by atomic mass is 9.93. The van der Waals surface area contributed by atoms with Gasteiger partial charge in [-0.25, -0.2) is 0 Å². The van der Waals surface area contributed by atoms with Gasteiger partial charge in [0.25, 0.3) is 0 Å². The fourth-order valence-electron chi connectivity index (χ4n) is 0.884. The predicted molar refractivity (Wildman–Crippen MR) is 52.0 cm³/mol. The molecule has 0 rings (SSSR count). The number of alkyl halides is 3. The standard InChI is InChI=1S/C9H18F3NO3/c1-8(5-14,6-15)4-13-2-3-16-7-9(10,11)12/h13-15H,2-7H2,1H3. The minimum absolute atomic E-state index is 0.0630. The normalized spacial score (nSPS) is 13.1. The molecule has 0 radical (unpaired) electrons. The van der Waals surface area contributed by atoms with Gasteiger partial charge in [-0.15, -0.1) is 0 Å². The zero-order chi connectivity index (χ0) is 12.7. The number of halogens is 3. The summed E-state index contributed by atoms with van der Waals surface area (Å²) in [6.45, 7) is 0.510. The number of hydrogen-bond donors (Lipinski definition) is 3. The molecule has 0 amide bonds. The van der Waals surface area contributed by atoms with E-state index in [0.29, 0.717) is 6.54 Å². The Morgan fingerprint density at radius 3 is 2.19 bits per heavy atom. The SMILES string of the molecule is CC(CO)(CO)CNCCOCC(F)(F)F. The van der Waals surface area contributed by atoms with Crippen molar-refractivity contribution >= 4 is 0 Å². The molecular weight excluding hydrogens is 227 g/mol. The van der Waals surface area contributed by atoms with Crippen LogP contribution in [0.5, 0.6) is 0 Å². The summed E-state index contributed by atoms with van der Waals surface area (Å²) in [4.78, 5) is 0. The van der Waals surface area contributed by atoms with Gasteiger partial charge in [0.2, 0.25) is 0 Å². The van der Waals surface area contributed by atoms with Crippen LogP contribution in [-0.4, -0.2) is 55.9 Å². The van der Waals surface area contributed by atoms with E-state index in [4.69, 9.17) is 10.2 Å². The maximum atomic E-state index is 11.7. The summed E-state index contributed by atoms with van der Waals surface area (Å²) in [5.41, 5.74) is -0.663. The Bertz CT molecular complexity index is 183. The van der Waals surface area contributed by atoms with E-state index in [2.05, 4.69) is 10.1 Å². The molecule has 98 valence electrons. The highest BCUT2D eigenvalue weighted by molar-refractivity contribution is 4.74. The van der Waals surface area contributed by atoms with Crippen LogP contribution in [0.3, 0.4) is 0 Å². The van der Waals surface area contributed by atoms with Gasteiger partial charge in [-0.2, -0.15) is 13.2 Å². The van der Waals surface area contributed by atoms with Crippen LogP contribution in [-0.2, 0) is 4.74 Å². The third-order valence-corrected chi connectivity index (χ3v) is 2.00. The van der Waals surface area contributed by atoms with Crippen LogP contribution in [0, 0.1) is 5.41 Å². The lowest BCUT2D eigenvalue weighted by Crippen LogP contribution is -2.39. The van der Waals surface area contributed by atoms with Crippen LogP contribution in [0.1, 0.15) is 6.92 Å². The van der Waals surface area contributed by atoms with E-state index >= 15 is 0 Å². The summed E-state index contributed by atoms with van der Waals surface area (Å²) in [5, 5.41) is 20.6. The molecule has 0 spiro atoms. The number of aliphatic hydroxyl groups excluding tert-OH is 2. The molecule has 0 aromatic heterocycles. The average Bonchev–Trinajstić information content (AvgIpc) is 2.21. The Balaban J connectivity index is 3.47. The zero-order valence-electron chi connectivity index (χ0n) is 9.18. The van der Waals surface area contributed by atoms with Gasteiger partial charge in [-0.1, -0.05) is 6.92 Å². The monoisotopic (exact) mass is 245 g/mol. The first kappa shape index (κ1) is 15.6. The lowest BCUT2D eigenvalue weighted by Gasteiger charge is -2.24. The van der Waals surface area contributed by atoms with E-state index in [1.807, 2.05) is 0 Å². The molecule has 0 aromatic carbocycles. The number of rotatable bonds is 8. The van der Waals surface area contributed by atoms with Crippen LogP contribution < -0.4 is 5.32 Å². The van der Waals surface area contributed by atoms with Crippen molar-refractivity contribution in [3.05, 3.63) is 0 Å². The molecule has 16 heavy (non-hydrogen) atoms. The van der Waals surface area contributed by atoms with Crippen LogP contribution >= 0.6 is 0 Å². The molecule has 4 nitrogen and oxygen atoms in total. The highest BCUT2D eigenvalue weighted by atomic mass is 19.4. The Morgan fingerprint density at radius 2 is 1.75 bits per heavy atom. The molecule has 0 aliphatic carbocycles. The van der Waals surface area contributed by atoms with E-state index in [9.17, 15) is 13.2 Å². The molecule has 0 saturated carbocycles. The van der Waals surface area contributed by atoms with Crippen molar-refractivity contribution in [3.8, 4) is 0 Å². The molecular formula is C9H18F3NO3. The van der Waals surface area contributed by atoms with Crippen molar-refractivity contribution in [2.24, 2.45) is 5.41 Å². The summed E-state index contributed by atoms with van der Waals surface area (Å²) in [5.74, 6) is 0. The second-order valence-corrected chi connectivity index (χ2v) is 3.97. The van der Waals surface area contributed by atoms with E-state index < -0.39 is 18.2 Å². The Hall–Kier alpha value is -0.370. The first-order chi connectivity index (χ1) is 7.33. The van der Waals surface area contributed by atoms with Gasteiger partial charge in [-0.3, -0.25) is 0 Å². The Labute approximate surface area is 92.4 Å². The molecule has 0 heterocycles. The van der Waals surface area contributed by atoms with Gasteiger partial charge < -0.3 is 20.3 Å². The van der Waals surface area contributed by atoms with Gasteiger partial charge in [0.1, 0.15) is 6.61 Å². The smallest absolute Gasteiger partial charge is 0.396 e. The van der Waals surface area contributed by atoms with Gasteiger partial charge >= 0.3 is 6.18 Å². The zero-order valence-corrected chi connectivity index (χ0v) is 9.18. The molecule has 0 aliphatic heterocycles. The molecule has 0 bridgehead atoms. The van der Waals surface area contributed by atoms with E-state index in [0.717, 1.165) is 0 Å². The molecule has 0 fully saturated rings. The van der Waals surface area contributed by atoms with Crippen molar-refractivity contribution in [2.75, 3.05) is 39.5 Å². The fourth-order valence-corrected chi connectivity index (χ4v) is 0.884. The molecule has 0 aliphatic rings. The second kappa shape index (κ2) is 7.05. The number of aliphatic hydroxyl groups is 2. The van der Waals surface area contributed by atoms with E-state index in [1.165, 1.54) is 0 Å². The topological polar surface area (TPSA) is 61.7 Å². The summed E-state index contributed by atoms with van der Waals surface area (Å²) in [6, 6.07) is 0. The van der Waals surface area contributed by atoms with Crippen LogP contribution in [0.25, 0.3) is 0 Å². The molecule has 0 atom stereocenters. The maximum absolute atomic E-state index is 11.7. The van der Waals surface area contributed by atoms with Crippen LogP contribution in [0.15, 0.2) is 0 Å². The van der Waals surface area contributed by atoms with Crippen molar-refractivity contribution in [3.63, 3.8) is 0 Å². The van der Waals surface area contributed by atoms with Crippen molar-refractivity contribution in [2.45, 2.75) is 13.1 Å². The first-order valence-electron chi connectivity index (χ1n) is 4.90. The third kappa shape index (κ3) is 7.86. The largest absolute Gasteiger partial charge is 0.411 e. The van der Waals surface area contributed by atoms with E-state index in [-0.39, 0.29) is 26.4 Å². The molecule has 7 heteroatoms. The molecule has 0 saturated heterocycles. The lowest BCUT2D eigenvalue weighted by molar-refractivity contribution is -0.173. The summed E-state index contributed by atoms with van der Waals surface area (Å²) < 4.78 is 39.3. The second-order valence-electron chi connectivity index (χ2n) is 3.97. The minimum atomic E-state index is -4.30. The molecule has 0 unspecified atom stereocenters. The van der Waals surface area contributed by atoms with Crippen LogP contribution in [0.4, 0.5) is 13.2 Å². The van der Waals surface area contributed by atoms with Gasteiger partial charge in [0.05, 0.1) is 19.8 Å². The van der Waals surface area contributed by atoms with Crippen molar-refractivity contribution < 1.29 is 28.1 Å². The maximum Gasteiger partial charge on any atom is 0.411 e. The Morgan fingerprint density at radius 1 is 1.19 bits per heavy atom. The van der Waals surface area contributed by atoms with E-state index in [1.54, 1.807) is 6.92 Å². The Kier molecular flexibility index (Phi) is 6.89. The fraction of sp³-hybridized carbons (Fsp3) is 1.00. The summed E-state index contributed by atoms with van der Waals surface area (Å²) in [7, 11) is 0. The van der Waals surface area contributed by atoms with Crippen molar-refractivity contribution in [1.82, 2.24) is 5.32 Å².